The van der Waals surface area contributed by atoms with Gasteiger partial charge in [0, 0.05) is 6.54 Å². The van der Waals surface area contributed by atoms with E-state index in [4.69, 9.17) is 18.0 Å². The average Bonchev–Trinajstić information content (AvgIpc) is 2.26. The Labute approximate surface area is 108 Å². The quantitative estimate of drug-likeness (QED) is 0.787. The Morgan fingerprint density at radius 2 is 2.18 bits per heavy atom. The first kappa shape index (κ1) is 13.8. The predicted molar refractivity (Wildman–Crippen MR) is 75.0 cm³/mol. The van der Waals surface area contributed by atoms with E-state index in [9.17, 15) is 0 Å². The van der Waals surface area contributed by atoms with E-state index in [0.29, 0.717) is 16.7 Å². The van der Waals surface area contributed by atoms with Gasteiger partial charge in [-0.3, -0.25) is 0 Å². The van der Waals surface area contributed by atoms with Crippen molar-refractivity contribution in [2.45, 2.75) is 27.7 Å². The summed E-state index contributed by atoms with van der Waals surface area (Å²) in [4.78, 5) is 0.338. The van der Waals surface area contributed by atoms with Gasteiger partial charge in [0.2, 0.25) is 0 Å². The maximum atomic E-state index is 5.64. The van der Waals surface area contributed by atoms with E-state index in [1.807, 2.05) is 0 Å². The fourth-order valence-electron chi connectivity index (χ4n) is 1.18. The molecule has 0 aliphatic carbocycles. The fourth-order valence-corrected chi connectivity index (χ4v) is 1.34. The zero-order chi connectivity index (χ0) is 13.1. The van der Waals surface area contributed by atoms with Gasteiger partial charge in [0.15, 0.2) is 5.82 Å². The molecule has 4 nitrogen and oxygen atoms in total. The van der Waals surface area contributed by atoms with Crippen molar-refractivity contribution in [1.29, 1.82) is 0 Å². The minimum atomic E-state index is 0.172. The van der Waals surface area contributed by atoms with Gasteiger partial charge in [0.25, 0.3) is 0 Å². The number of nitrogens with one attached hydrogen (secondary N) is 1. The SMILES string of the molecule is CC(C)C(C)(C)CNc1nnccc1C(N)=S. The maximum Gasteiger partial charge on any atom is 0.158 e. The van der Waals surface area contributed by atoms with Gasteiger partial charge >= 0.3 is 0 Å². The molecule has 0 bridgehead atoms. The van der Waals surface area contributed by atoms with Crippen molar-refractivity contribution >= 4 is 23.0 Å². The molecule has 0 saturated carbocycles. The molecule has 0 spiro atoms. The molecule has 0 atom stereocenters. The molecular weight excluding hydrogens is 232 g/mol. The first-order valence-electron chi connectivity index (χ1n) is 5.70. The van der Waals surface area contributed by atoms with Crippen LogP contribution in [0.3, 0.4) is 0 Å². The molecule has 0 aromatic carbocycles. The number of nitrogens with two attached hydrogens (primary N) is 1. The summed E-state index contributed by atoms with van der Waals surface area (Å²) >= 11 is 4.98. The van der Waals surface area contributed by atoms with Crippen molar-refractivity contribution < 1.29 is 0 Å². The monoisotopic (exact) mass is 252 g/mol. The average molecular weight is 252 g/mol. The molecule has 17 heavy (non-hydrogen) atoms. The molecule has 3 N–H and O–H groups in total. The molecule has 0 saturated heterocycles. The number of hydrogen-bond donors (Lipinski definition) is 2. The number of aromatic nitrogens is 2. The Hall–Kier alpha value is -1.23. The van der Waals surface area contributed by atoms with Crippen LogP contribution in [0.15, 0.2) is 12.3 Å². The smallest absolute Gasteiger partial charge is 0.158 e. The molecule has 0 aliphatic rings. The Bertz CT molecular complexity index is 401. The lowest BCUT2D eigenvalue weighted by atomic mass is 9.81. The van der Waals surface area contributed by atoms with Crippen molar-refractivity contribution in [2.24, 2.45) is 17.1 Å². The predicted octanol–water partition coefficient (Wildman–Crippen LogP) is 2.20. The Morgan fingerprint density at radius 3 is 2.71 bits per heavy atom. The summed E-state index contributed by atoms with van der Waals surface area (Å²) in [5.41, 5.74) is 6.55. The third kappa shape index (κ3) is 3.63. The summed E-state index contributed by atoms with van der Waals surface area (Å²) in [5.74, 6) is 1.23. The van der Waals surface area contributed by atoms with E-state index >= 15 is 0 Å². The molecule has 1 aromatic heterocycles. The van der Waals surface area contributed by atoms with E-state index in [0.717, 1.165) is 12.1 Å². The second kappa shape index (κ2) is 5.40. The summed E-state index contributed by atoms with van der Waals surface area (Å²) in [5, 5.41) is 11.2. The van der Waals surface area contributed by atoms with Crippen LogP contribution >= 0.6 is 12.2 Å². The van der Waals surface area contributed by atoms with Gasteiger partial charge in [0.05, 0.1) is 11.8 Å². The minimum absolute atomic E-state index is 0.172. The van der Waals surface area contributed by atoms with E-state index in [1.54, 1.807) is 12.3 Å². The van der Waals surface area contributed by atoms with Crippen LogP contribution in [-0.2, 0) is 0 Å². The summed E-state index contributed by atoms with van der Waals surface area (Å²) in [7, 11) is 0. The number of nitrogens with zero attached hydrogens (tertiary/aromatic N) is 2. The molecule has 1 rings (SSSR count). The van der Waals surface area contributed by atoms with Crippen LogP contribution in [0.1, 0.15) is 33.3 Å². The lowest BCUT2D eigenvalue weighted by Gasteiger charge is -2.29. The molecule has 0 radical (unpaired) electrons. The highest BCUT2D eigenvalue weighted by Crippen LogP contribution is 2.26. The first-order valence-corrected chi connectivity index (χ1v) is 6.11. The topological polar surface area (TPSA) is 63.8 Å². The van der Waals surface area contributed by atoms with Gasteiger partial charge in [0.1, 0.15) is 4.99 Å². The van der Waals surface area contributed by atoms with Gasteiger partial charge in [-0.25, -0.2) is 0 Å². The summed E-state index contributed by atoms with van der Waals surface area (Å²) < 4.78 is 0. The molecule has 1 aromatic rings. The maximum absolute atomic E-state index is 5.64. The van der Waals surface area contributed by atoms with Crippen LogP contribution in [0.4, 0.5) is 5.82 Å². The number of thiocarbonyl (C=S) groups is 1. The molecular formula is C12H20N4S. The zero-order valence-electron chi connectivity index (χ0n) is 10.8. The number of anilines is 1. The van der Waals surface area contributed by atoms with E-state index < -0.39 is 0 Å². The zero-order valence-corrected chi connectivity index (χ0v) is 11.6. The molecule has 1 heterocycles. The highest BCUT2D eigenvalue weighted by atomic mass is 32.1. The third-order valence-electron chi connectivity index (χ3n) is 3.26. The van der Waals surface area contributed by atoms with Crippen LogP contribution < -0.4 is 11.1 Å². The molecule has 0 fully saturated rings. The van der Waals surface area contributed by atoms with Crippen molar-refractivity contribution in [3.8, 4) is 0 Å². The van der Waals surface area contributed by atoms with Gasteiger partial charge in [-0.2, -0.15) is 5.10 Å². The molecule has 94 valence electrons. The number of rotatable bonds is 5. The van der Waals surface area contributed by atoms with Gasteiger partial charge in [-0.15, -0.1) is 5.10 Å². The lowest BCUT2D eigenvalue weighted by molar-refractivity contribution is 0.269. The van der Waals surface area contributed by atoms with Crippen molar-refractivity contribution in [3.63, 3.8) is 0 Å². The van der Waals surface area contributed by atoms with Crippen molar-refractivity contribution in [2.75, 3.05) is 11.9 Å². The summed E-state index contributed by atoms with van der Waals surface area (Å²) in [6, 6.07) is 1.78. The van der Waals surface area contributed by atoms with Crippen LogP contribution in [0.5, 0.6) is 0 Å². The van der Waals surface area contributed by atoms with Gasteiger partial charge in [-0.05, 0) is 17.4 Å². The first-order chi connectivity index (χ1) is 7.84. The van der Waals surface area contributed by atoms with E-state index in [2.05, 4.69) is 43.2 Å². The van der Waals surface area contributed by atoms with Crippen LogP contribution in [0, 0.1) is 11.3 Å². The van der Waals surface area contributed by atoms with Crippen LogP contribution in [0.25, 0.3) is 0 Å². The normalized spacial score (nSPS) is 11.6. The second-order valence-corrected chi connectivity index (χ2v) is 5.59. The van der Waals surface area contributed by atoms with Crippen LogP contribution in [-0.4, -0.2) is 21.7 Å². The van der Waals surface area contributed by atoms with Gasteiger partial charge in [-0.1, -0.05) is 39.9 Å². The Balaban J connectivity index is 2.79. The second-order valence-electron chi connectivity index (χ2n) is 5.15. The Kier molecular flexibility index (Phi) is 4.40. The van der Waals surface area contributed by atoms with Crippen LogP contribution in [0.2, 0.25) is 0 Å². The molecule has 0 amide bonds. The molecule has 0 unspecified atom stereocenters. The molecule has 0 aliphatic heterocycles. The largest absolute Gasteiger partial charge is 0.389 e. The molecule has 5 heteroatoms. The summed E-state index contributed by atoms with van der Waals surface area (Å²) in [6.45, 7) is 9.63. The van der Waals surface area contributed by atoms with Crippen molar-refractivity contribution in [1.82, 2.24) is 10.2 Å². The van der Waals surface area contributed by atoms with Crippen molar-refractivity contribution in [3.05, 3.63) is 17.8 Å². The van der Waals surface area contributed by atoms with E-state index in [1.165, 1.54) is 0 Å². The minimum Gasteiger partial charge on any atom is -0.389 e. The standard InChI is InChI=1S/C12H20N4S/c1-8(2)12(3,4)7-14-11-9(10(13)17)5-6-15-16-11/h5-6,8H,7H2,1-4H3,(H2,13,17)(H,14,16). The third-order valence-corrected chi connectivity index (χ3v) is 3.48. The van der Waals surface area contributed by atoms with E-state index in [-0.39, 0.29) is 5.41 Å². The summed E-state index contributed by atoms with van der Waals surface area (Å²) in [6.07, 6.45) is 1.59. The highest BCUT2D eigenvalue weighted by molar-refractivity contribution is 7.80. The number of hydrogen-bond acceptors (Lipinski definition) is 4. The fraction of sp³-hybridized carbons (Fsp3) is 0.583. The highest BCUT2D eigenvalue weighted by Gasteiger charge is 2.22. The Morgan fingerprint density at radius 1 is 1.53 bits per heavy atom. The van der Waals surface area contributed by atoms with Gasteiger partial charge < -0.3 is 11.1 Å². The lowest BCUT2D eigenvalue weighted by Crippen LogP contribution is -2.29.